The van der Waals surface area contributed by atoms with Crippen LogP contribution in [0.4, 0.5) is 5.69 Å². The molecule has 0 unspecified atom stereocenters. The molecule has 0 bridgehead atoms. The highest BCUT2D eigenvalue weighted by atomic mass is 32.1. The molecular weight excluding hydrogens is 296 g/mol. The zero-order valence-corrected chi connectivity index (χ0v) is 13.0. The lowest BCUT2D eigenvalue weighted by Crippen LogP contribution is -1.97. The predicted octanol–water partition coefficient (Wildman–Crippen LogP) is 5.15. The van der Waals surface area contributed by atoms with Crippen molar-refractivity contribution in [2.45, 2.75) is 13.0 Å². The van der Waals surface area contributed by atoms with Crippen molar-refractivity contribution < 1.29 is 0 Å². The summed E-state index contributed by atoms with van der Waals surface area (Å²) in [5.41, 5.74) is 3.44. The topological polar surface area (TPSA) is 35.8 Å². The fourth-order valence-corrected chi connectivity index (χ4v) is 3.68. The first-order chi connectivity index (χ1) is 10.3. The van der Waals surface area contributed by atoms with Crippen molar-refractivity contribution >= 4 is 28.4 Å². The molecule has 0 saturated heterocycles. The van der Waals surface area contributed by atoms with Gasteiger partial charge in [0.2, 0.25) is 0 Å². The zero-order chi connectivity index (χ0) is 14.5. The van der Waals surface area contributed by atoms with Gasteiger partial charge >= 0.3 is 0 Å². The van der Waals surface area contributed by atoms with Gasteiger partial charge in [-0.3, -0.25) is 0 Å². The molecule has 0 saturated carbocycles. The number of nitrogens with zero attached hydrogens (tertiary/aromatic N) is 1. The third kappa shape index (κ3) is 3.52. The lowest BCUT2D eigenvalue weighted by Gasteiger charge is -2.05. The molecule has 0 amide bonds. The monoisotopic (exact) mass is 310 g/mol. The maximum Gasteiger partial charge on any atom is 0.0669 e. The van der Waals surface area contributed by atoms with Crippen LogP contribution in [0.25, 0.3) is 10.4 Å². The minimum Gasteiger partial charge on any atom is -0.380 e. The number of nitriles is 1. The van der Waals surface area contributed by atoms with Gasteiger partial charge in [0.15, 0.2) is 0 Å². The Balaban J connectivity index is 1.61. The molecule has 2 heterocycles. The van der Waals surface area contributed by atoms with Gasteiger partial charge in [0.05, 0.1) is 12.5 Å². The highest BCUT2D eigenvalue weighted by Gasteiger charge is 2.03. The van der Waals surface area contributed by atoms with Crippen LogP contribution in [0.2, 0.25) is 0 Å². The highest BCUT2D eigenvalue weighted by Crippen LogP contribution is 2.29. The standard InChI is InChI=1S/C17H14N2S2/c18-8-7-13-3-5-15(6-4-13)19-11-16-10-14(12-21-16)17-2-1-9-20-17/h1-6,9-10,12,19H,7,11H2. The number of nitrogens with one attached hydrogen (secondary N) is 1. The molecule has 3 rings (SSSR count). The molecule has 0 atom stereocenters. The Bertz CT molecular complexity index is 734. The Morgan fingerprint density at radius 1 is 1.10 bits per heavy atom. The van der Waals surface area contributed by atoms with Crippen LogP contribution in [0.5, 0.6) is 0 Å². The van der Waals surface area contributed by atoms with Gasteiger partial charge in [0.1, 0.15) is 0 Å². The molecule has 0 aliphatic heterocycles. The van der Waals surface area contributed by atoms with E-state index < -0.39 is 0 Å². The fourth-order valence-electron chi connectivity index (χ4n) is 2.07. The summed E-state index contributed by atoms with van der Waals surface area (Å²) in [7, 11) is 0. The van der Waals surface area contributed by atoms with Crippen LogP contribution < -0.4 is 5.32 Å². The van der Waals surface area contributed by atoms with Crippen molar-refractivity contribution in [1.82, 2.24) is 0 Å². The lowest BCUT2D eigenvalue weighted by molar-refractivity contribution is 1.18. The quantitative estimate of drug-likeness (QED) is 0.707. The number of anilines is 1. The molecule has 0 fully saturated rings. The largest absolute Gasteiger partial charge is 0.380 e. The van der Waals surface area contributed by atoms with Gasteiger partial charge in [-0.15, -0.1) is 22.7 Å². The zero-order valence-electron chi connectivity index (χ0n) is 11.4. The van der Waals surface area contributed by atoms with Crippen LogP contribution in [-0.2, 0) is 13.0 Å². The summed E-state index contributed by atoms with van der Waals surface area (Å²) in [6.45, 7) is 0.827. The molecule has 1 aromatic carbocycles. The first kappa shape index (κ1) is 13.9. The first-order valence-electron chi connectivity index (χ1n) is 6.66. The van der Waals surface area contributed by atoms with E-state index >= 15 is 0 Å². The Labute approximate surface area is 132 Å². The van der Waals surface area contributed by atoms with Crippen molar-refractivity contribution in [3.8, 4) is 16.5 Å². The van der Waals surface area contributed by atoms with Crippen molar-refractivity contribution in [1.29, 1.82) is 5.26 Å². The predicted molar refractivity (Wildman–Crippen MR) is 90.7 cm³/mol. The lowest BCUT2D eigenvalue weighted by atomic mass is 10.1. The summed E-state index contributed by atoms with van der Waals surface area (Å²) >= 11 is 3.55. The number of rotatable bonds is 5. The number of thiophene rings is 2. The summed E-state index contributed by atoms with van der Waals surface area (Å²) in [6, 6.07) is 16.7. The van der Waals surface area contributed by atoms with Gasteiger partial charge in [-0.05, 0) is 40.6 Å². The smallest absolute Gasteiger partial charge is 0.0669 e. The Kier molecular flexibility index (Phi) is 4.34. The molecule has 3 aromatic rings. The second-order valence-electron chi connectivity index (χ2n) is 4.66. The van der Waals surface area contributed by atoms with E-state index in [1.807, 2.05) is 24.3 Å². The average Bonchev–Trinajstić information content (AvgIpc) is 3.18. The van der Waals surface area contributed by atoms with E-state index in [9.17, 15) is 0 Å². The second kappa shape index (κ2) is 6.57. The molecule has 21 heavy (non-hydrogen) atoms. The molecule has 2 aromatic heterocycles. The second-order valence-corrected chi connectivity index (χ2v) is 6.61. The summed E-state index contributed by atoms with van der Waals surface area (Å²) in [4.78, 5) is 2.64. The van der Waals surface area contributed by atoms with Crippen LogP contribution in [0, 0.1) is 11.3 Å². The van der Waals surface area contributed by atoms with Crippen LogP contribution in [0.3, 0.4) is 0 Å². The van der Waals surface area contributed by atoms with E-state index in [4.69, 9.17) is 5.26 Å². The number of hydrogen-bond acceptors (Lipinski definition) is 4. The van der Waals surface area contributed by atoms with Crippen molar-refractivity contribution in [2.24, 2.45) is 0 Å². The van der Waals surface area contributed by atoms with E-state index in [1.54, 1.807) is 22.7 Å². The Hall–Kier alpha value is -2.09. The van der Waals surface area contributed by atoms with Crippen LogP contribution >= 0.6 is 22.7 Å². The Morgan fingerprint density at radius 2 is 1.95 bits per heavy atom. The van der Waals surface area contributed by atoms with Crippen LogP contribution in [0.15, 0.2) is 53.2 Å². The fraction of sp³-hybridized carbons (Fsp3) is 0.118. The molecule has 104 valence electrons. The van der Waals surface area contributed by atoms with Crippen molar-refractivity contribution in [3.05, 3.63) is 63.7 Å². The first-order valence-corrected chi connectivity index (χ1v) is 8.42. The minimum atomic E-state index is 0.468. The van der Waals surface area contributed by atoms with E-state index in [0.717, 1.165) is 17.8 Å². The van der Waals surface area contributed by atoms with Crippen LogP contribution in [-0.4, -0.2) is 0 Å². The molecule has 0 aliphatic rings. The average molecular weight is 310 g/mol. The highest BCUT2D eigenvalue weighted by molar-refractivity contribution is 7.14. The maximum atomic E-state index is 8.66. The normalized spacial score (nSPS) is 10.2. The summed E-state index contributed by atoms with van der Waals surface area (Å²) < 4.78 is 0. The molecule has 2 nitrogen and oxygen atoms in total. The third-order valence-corrected chi connectivity index (χ3v) is 5.02. The van der Waals surface area contributed by atoms with E-state index in [2.05, 4.69) is 40.3 Å². The van der Waals surface area contributed by atoms with Gasteiger partial charge in [-0.25, -0.2) is 0 Å². The van der Waals surface area contributed by atoms with Crippen molar-refractivity contribution in [2.75, 3.05) is 5.32 Å². The number of hydrogen-bond donors (Lipinski definition) is 1. The molecule has 0 spiro atoms. The van der Waals surface area contributed by atoms with Gasteiger partial charge in [-0.1, -0.05) is 18.2 Å². The summed E-state index contributed by atoms with van der Waals surface area (Å²) in [5, 5.41) is 16.4. The van der Waals surface area contributed by atoms with E-state index in [0.29, 0.717) is 6.42 Å². The molecule has 0 aliphatic carbocycles. The van der Waals surface area contributed by atoms with Gasteiger partial charge < -0.3 is 5.32 Å². The number of benzene rings is 1. The third-order valence-electron chi connectivity index (χ3n) is 3.16. The Morgan fingerprint density at radius 3 is 2.67 bits per heavy atom. The SMILES string of the molecule is N#CCc1ccc(NCc2cc(-c3cccs3)cs2)cc1. The summed E-state index contributed by atoms with van der Waals surface area (Å²) in [5.74, 6) is 0. The summed E-state index contributed by atoms with van der Waals surface area (Å²) in [6.07, 6.45) is 0.468. The van der Waals surface area contributed by atoms with Crippen LogP contribution in [0.1, 0.15) is 10.4 Å². The minimum absolute atomic E-state index is 0.468. The van der Waals surface area contributed by atoms with E-state index in [1.165, 1.54) is 15.3 Å². The van der Waals surface area contributed by atoms with Gasteiger partial charge in [-0.2, -0.15) is 5.26 Å². The maximum absolute atomic E-state index is 8.66. The molecule has 1 N–H and O–H groups in total. The molecular formula is C17H14N2S2. The van der Waals surface area contributed by atoms with Gasteiger partial charge in [0.25, 0.3) is 0 Å². The van der Waals surface area contributed by atoms with Crippen molar-refractivity contribution in [3.63, 3.8) is 0 Å². The van der Waals surface area contributed by atoms with Gasteiger partial charge in [0, 0.05) is 27.5 Å². The van der Waals surface area contributed by atoms with E-state index in [-0.39, 0.29) is 0 Å². The molecule has 4 heteroatoms. The molecule has 0 radical (unpaired) electrons.